The molecule has 0 amide bonds. The smallest absolute Gasteiger partial charge is 0.159 e. The highest BCUT2D eigenvalue weighted by Gasteiger charge is 2.28. The molecule has 0 unspecified atom stereocenters. The van der Waals surface area contributed by atoms with Crippen LogP contribution in [0, 0.1) is 0 Å². The van der Waals surface area contributed by atoms with Crippen LogP contribution in [0.1, 0.15) is 24.6 Å². The van der Waals surface area contributed by atoms with Crippen LogP contribution in [0.4, 0.5) is 5.69 Å². The molecule has 1 saturated carbocycles. The molecular weight excluding hydrogens is 202 g/mol. The standard InChI is InChI=1S/C11H13N5/c1-16-11(8-4-9(12)6-13-5-8)14-10(15-16)7-2-3-7/h4-7H,2-3,12H2,1H3. The molecule has 0 aliphatic heterocycles. The van der Waals surface area contributed by atoms with Gasteiger partial charge in [0, 0.05) is 30.9 Å². The van der Waals surface area contributed by atoms with E-state index in [-0.39, 0.29) is 0 Å². The van der Waals surface area contributed by atoms with E-state index in [0.29, 0.717) is 11.6 Å². The lowest BCUT2D eigenvalue weighted by Gasteiger charge is -1.99. The maximum absolute atomic E-state index is 5.71. The SMILES string of the molecule is Cn1nc(C2CC2)nc1-c1cncc(N)c1. The van der Waals surface area contributed by atoms with Crippen molar-refractivity contribution < 1.29 is 0 Å². The Morgan fingerprint density at radius 2 is 2.19 bits per heavy atom. The second-order valence-electron chi connectivity index (χ2n) is 4.20. The molecule has 1 fully saturated rings. The number of hydrogen-bond donors (Lipinski definition) is 1. The highest BCUT2D eigenvalue weighted by Crippen LogP contribution is 2.38. The minimum absolute atomic E-state index is 0.564. The minimum Gasteiger partial charge on any atom is -0.397 e. The maximum atomic E-state index is 5.71. The fraction of sp³-hybridized carbons (Fsp3) is 0.364. The molecule has 16 heavy (non-hydrogen) atoms. The van der Waals surface area contributed by atoms with Crippen LogP contribution >= 0.6 is 0 Å². The highest BCUT2D eigenvalue weighted by molar-refractivity contribution is 5.59. The van der Waals surface area contributed by atoms with Crippen molar-refractivity contribution in [3.05, 3.63) is 24.3 Å². The first kappa shape index (κ1) is 9.33. The average molecular weight is 215 g/mol. The number of hydrogen-bond acceptors (Lipinski definition) is 4. The fourth-order valence-corrected chi connectivity index (χ4v) is 1.75. The maximum Gasteiger partial charge on any atom is 0.159 e. The summed E-state index contributed by atoms with van der Waals surface area (Å²) >= 11 is 0. The van der Waals surface area contributed by atoms with Gasteiger partial charge in [-0.1, -0.05) is 0 Å². The zero-order valence-corrected chi connectivity index (χ0v) is 9.09. The molecule has 82 valence electrons. The number of pyridine rings is 1. The van der Waals surface area contributed by atoms with E-state index in [0.717, 1.165) is 17.2 Å². The van der Waals surface area contributed by atoms with E-state index in [4.69, 9.17) is 5.73 Å². The Kier molecular flexibility index (Phi) is 1.92. The Labute approximate surface area is 93.3 Å². The number of nitrogen functional groups attached to an aromatic ring is 1. The molecule has 2 aromatic rings. The topological polar surface area (TPSA) is 69.6 Å². The van der Waals surface area contributed by atoms with Crippen molar-refractivity contribution in [2.45, 2.75) is 18.8 Å². The molecule has 2 heterocycles. The van der Waals surface area contributed by atoms with Crippen LogP contribution in [0.2, 0.25) is 0 Å². The summed E-state index contributed by atoms with van der Waals surface area (Å²) in [5, 5.41) is 4.42. The van der Waals surface area contributed by atoms with Crippen LogP contribution in [0.5, 0.6) is 0 Å². The van der Waals surface area contributed by atoms with E-state index < -0.39 is 0 Å². The van der Waals surface area contributed by atoms with Crippen molar-refractivity contribution >= 4 is 5.69 Å². The van der Waals surface area contributed by atoms with Gasteiger partial charge in [0.05, 0.1) is 5.69 Å². The van der Waals surface area contributed by atoms with Crippen LogP contribution in [-0.2, 0) is 7.05 Å². The van der Waals surface area contributed by atoms with Crippen LogP contribution in [0.25, 0.3) is 11.4 Å². The summed E-state index contributed by atoms with van der Waals surface area (Å²) in [4.78, 5) is 8.60. The van der Waals surface area contributed by atoms with Gasteiger partial charge in [-0.25, -0.2) is 9.67 Å². The molecule has 5 nitrogen and oxygen atoms in total. The Bertz CT molecular complexity index is 527. The number of nitrogens with zero attached hydrogens (tertiary/aromatic N) is 4. The van der Waals surface area contributed by atoms with Gasteiger partial charge in [0.25, 0.3) is 0 Å². The monoisotopic (exact) mass is 215 g/mol. The third kappa shape index (κ3) is 1.54. The summed E-state index contributed by atoms with van der Waals surface area (Å²) in [5.74, 6) is 2.34. The largest absolute Gasteiger partial charge is 0.397 e. The van der Waals surface area contributed by atoms with Crippen molar-refractivity contribution in [3.8, 4) is 11.4 Å². The average Bonchev–Trinajstić information content (AvgIpc) is 3.02. The van der Waals surface area contributed by atoms with E-state index >= 15 is 0 Å². The van der Waals surface area contributed by atoms with Gasteiger partial charge in [0.15, 0.2) is 11.6 Å². The molecule has 0 saturated heterocycles. The van der Waals surface area contributed by atoms with Crippen LogP contribution in [0.3, 0.4) is 0 Å². The number of nitrogens with two attached hydrogens (primary N) is 1. The Hall–Kier alpha value is -1.91. The van der Waals surface area contributed by atoms with Gasteiger partial charge in [0.2, 0.25) is 0 Å². The first-order valence-corrected chi connectivity index (χ1v) is 5.36. The summed E-state index contributed by atoms with van der Waals surface area (Å²) < 4.78 is 1.80. The molecule has 0 radical (unpaired) electrons. The van der Waals surface area contributed by atoms with Crippen molar-refractivity contribution in [2.24, 2.45) is 7.05 Å². The third-order valence-electron chi connectivity index (χ3n) is 2.74. The van der Waals surface area contributed by atoms with Gasteiger partial charge >= 0.3 is 0 Å². The molecular formula is C11H13N5. The van der Waals surface area contributed by atoms with Crippen LogP contribution in [0.15, 0.2) is 18.5 Å². The lowest BCUT2D eigenvalue weighted by atomic mass is 10.2. The van der Waals surface area contributed by atoms with E-state index in [9.17, 15) is 0 Å². The fourth-order valence-electron chi connectivity index (χ4n) is 1.75. The summed E-state index contributed by atoms with van der Waals surface area (Å²) in [6, 6.07) is 1.87. The lowest BCUT2D eigenvalue weighted by Crippen LogP contribution is -1.96. The van der Waals surface area contributed by atoms with Gasteiger partial charge in [-0.15, -0.1) is 0 Å². The number of aromatic nitrogens is 4. The Balaban J connectivity index is 2.04. The molecule has 1 aliphatic carbocycles. The first-order valence-electron chi connectivity index (χ1n) is 5.36. The van der Waals surface area contributed by atoms with E-state index in [1.54, 1.807) is 17.1 Å². The summed E-state index contributed by atoms with van der Waals surface area (Å²) in [6.45, 7) is 0. The molecule has 0 spiro atoms. The van der Waals surface area contributed by atoms with Gasteiger partial charge in [-0.3, -0.25) is 4.98 Å². The number of anilines is 1. The van der Waals surface area contributed by atoms with Gasteiger partial charge in [0.1, 0.15) is 0 Å². The zero-order chi connectivity index (χ0) is 11.1. The normalized spacial score (nSPS) is 15.3. The first-order chi connectivity index (χ1) is 7.74. The van der Waals surface area contributed by atoms with Crippen molar-refractivity contribution in [1.82, 2.24) is 19.7 Å². The summed E-state index contributed by atoms with van der Waals surface area (Å²) in [7, 11) is 1.90. The molecule has 0 atom stereocenters. The molecule has 0 bridgehead atoms. The quantitative estimate of drug-likeness (QED) is 0.820. The van der Waals surface area contributed by atoms with Crippen LogP contribution < -0.4 is 5.73 Å². The zero-order valence-electron chi connectivity index (χ0n) is 9.09. The summed E-state index contributed by atoms with van der Waals surface area (Å²) in [5.41, 5.74) is 7.27. The van der Waals surface area contributed by atoms with Crippen molar-refractivity contribution in [3.63, 3.8) is 0 Å². The second-order valence-corrected chi connectivity index (χ2v) is 4.20. The molecule has 2 N–H and O–H groups in total. The predicted octanol–water partition coefficient (Wildman–Crippen LogP) is 1.34. The summed E-state index contributed by atoms with van der Waals surface area (Å²) in [6.07, 6.45) is 5.80. The van der Waals surface area contributed by atoms with Gasteiger partial charge < -0.3 is 5.73 Å². The second kappa shape index (κ2) is 3.30. The van der Waals surface area contributed by atoms with Gasteiger partial charge in [-0.2, -0.15) is 5.10 Å². The van der Waals surface area contributed by atoms with Crippen molar-refractivity contribution in [2.75, 3.05) is 5.73 Å². The highest BCUT2D eigenvalue weighted by atomic mass is 15.3. The third-order valence-corrected chi connectivity index (χ3v) is 2.74. The lowest BCUT2D eigenvalue weighted by molar-refractivity contribution is 0.750. The number of aryl methyl sites for hydroxylation is 1. The van der Waals surface area contributed by atoms with Gasteiger partial charge in [-0.05, 0) is 18.9 Å². The van der Waals surface area contributed by atoms with Crippen LogP contribution in [-0.4, -0.2) is 19.7 Å². The van der Waals surface area contributed by atoms with E-state index in [2.05, 4.69) is 15.1 Å². The Morgan fingerprint density at radius 1 is 1.38 bits per heavy atom. The molecule has 0 aromatic carbocycles. The molecule has 1 aliphatic rings. The minimum atomic E-state index is 0.564. The van der Waals surface area contributed by atoms with E-state index in [1.165, 1.54) is 12.8 Å². The van der Waals surface area contributed by atoms with Crippen molar-refractivity contribution in [1.29, 1.82) is 0 Å². The van der Waals surface area contributed by atoms with E-state index in [1.807, 2.05) is 13.1 Å². The predicted molar refractivity (Wildman–Crippen MR) is 60.6 cm³/mol. The molecule has 3 rings (SSSR count). The molecule has 5 heteroatoms. The Morgan fingerprint density at radius 3 is 2.88 bits per heavy atom. The number of rotatable bonds is 2. The molecule has 2 aromatic heterocycles.